The molecule has 1 aromatic rings. The largest absolute Gasteiger partial charge is 0.377 e. The van der Waals surface area contributed by atoms with Crippen LogP contribution in [0.15, 0.2) is 29.3 Å². The Bertz CT molecular complexity index is 717. The fourth-order valence-electron chi connectivity index (χ4n) is 4.36. The number of para-hydroxylation sites is 1. The fraction of sp³-hybridized carbons (Fsp3) is 0.636. The third-order valence-corrected chi connectivity index (χ3v) is 5.68. The van der Waals surface area contributed by atoms with Gasteiger partial charge >= 0.3 is 0 Å². The number of nitrogens with one attached hydrogen (secondary N) is 3. The number of carbonyl (C=O) groups excluding carboxylic acids is 1. The van der Waals surface area contributed by atoms with Crippen LogP contribution in [0, 0.1) is 11.3 Å². The van der Waals surface area contributed by atoms with Crippen LogP contribution in [0.25, 0.3) is 0 Å². The summed E-state index contributed by atoms with van der Waals surface area (Å²) in [6, 6.07) is 8.02. The predicted octanol–water partition coefficient (Wildman–Crippen LogP) is 3.74. The van der Waals surface area contributed by atoms with E-state index in [1.807, 2.05) is 18.2 Å². The number of fused-ring (bicyclic) bond motifs is 1. The van der Waals surface area contributed by atoms with Gasteiger partial charge in [0.1, 0.15) is 0 Å². The summed E-state index contributed by atoms with van der Waals surface area (Å²) < 4.78 is 6.08. The molecular weight excluding hydrogens is 479 g/mol. The number of hydrogen-bond donors (Lipinski definition) is 3. The zero-order chi connectivity index (χ0) is 20.1. The monoisotopic (exact) mass is 514 g/mol. The van der Waals surface area contributed by atoms with Gasteiger partial charge < -0.3 is 20.7 Å². The van der Waals surface area contributed by atoms with Crippen molar-refractivity contribution in [2.75, 3.05) is 32.1 Å². The molecule has 3 rings (SSSR count). The van der Waals surface area contributed by atoms with Crippen LogP contribution < -0.4 is 16.0 Å². The minimum absolute atomic E-state index is 0. The summed E-state index contributed by atoms with van der Waals surface area (Å²) in [7, 11) is 1.79. The van der Waals surface area contributed by atoms with Gasteiger partial charge in [0.25, 0.3) is 0 Å². The highest BCUT2D eigenvalue weighted by molar-refractivity contribution is 14.0. The van der Waals surface area contributed by atoms with Gasteiger partial charge in [0.2, 0.25) is 5.91 Å². The number of nitrogens with zero attached hydrogens (tertiary/aromatic N) is 1. The van der Waals surface area contributed by atoms with E-state index in [0.29, 0.717) is 18.9 Å². The van der Waals surface area contributed by atoms with E-state index in [9.17, 15) is 4.79 Å². The molecule has 29 heavy (non-hydrogen) atoms. The van der Waals surface area contributed by atoms with Crippen molar-refractivity contribution in [1.82, 2.24) is 10.6 Å². The predicted molar refractivity (Wildman–Crippen MR) is 129 cm³/mol. The number of ether oxygens (including phenoxy) is 1. The zero-order valence-electron chi connectivity index (χ0n) is 18.0. The van der Waals surface area contributed by atoms with Crippen molar-refractivity contribution in [2.45, 2.75) is 52.1 Å². The van der Waals surface area contributed by atoms with E-state index in [0.717, 1.165) is 31.2 Å². The van der Waals surface area contributed by atoms with Crippen molar-refractivity contribution >= 4 is 41.5 Å². The molecule has 1 amide bonds. The maximum Gasteiger partial charge on any atom is 0.225 e. The zero-order valence-corrected chi connectivity index (χ0v) is 20.3. The summed E-state index contributed by atoms with van der Waals surface area (Å²) >= 11 is 0. The molecule has 0 aliphatic carbocycles. The maximum absolute atomic E-state index is 12.0. The molecular formula is C22H35IN4O2. The first kappa shape index (κ1) is 23.9. The number of hydrogen-bond acceptors (Lipinski definition) is 3. The molecule has 162 valence electrons. The van der Waals surface area contributed by atoms with Gasteiger partial charge in [-0.2, -0.15) is 0 Å². The Kier molecular flexibility index (Phi) is 8.75. The van der Waals surface area contributed by atoms with Crippen LogP contribution in [0.2, 0.25) is 0 Å². The average molecular weight is 514 g/mol. The van der Waals surface area contributed by atoms with E-state index in [1.165, 1.54) is 12.0 Å². The van der Waals surface area contributed by atoms with E-state index >= 15 is 0 Å². The van der Waals surface area contributed by atoms with Crippen molar-refractivity contribution in [3.63, 3.8) is 0 Å². The van der Waals surface area contributed by atoms with Crippen molar-refractivity contribution in [3.05, 3.63) is 29.8 Å². The smallest absolute Gasteiger partial charge is 0.225 e. The van der Waals surface area contributed by atoms with Crippen LogP contribution in [-0.2, 0) is 9.53 Å². The van der Waals surface area contributed by atoms with Crippen LogP contribution >= 0.6 is 24.0 Å². The van der Waals surface area contributed by atoms with Crippen molar-refractivity contribution in [1.29, 1.82) is 0 Å². The first-order chi connectivity index (χ1) is 13.4. The summed E-state index contributed by atoms with van der Waals surface area (Å²) in [5.74, 6) is 1.46. The van der Waals surface area contributed by atoms with Gasteiger partial charge in [-0.05, 0) is 29.9 Å². The number of anilines is 1. The maximum atomic E-state index is 12.0. The molecule has 2 aliphatic rings. The third-order valence-electron chi connectivity index (χ3n) is 5.68. The van der Waals surface area contributed by atoms with Gasteiger partial charge in [0, 0.05) is 50.7 Å². The standard InChI is InChI=1S/C22H34N4O2.HI/c1-22(2,3)20-15(8-7-11-28-20)13-24-21(23-4)25-14-16-12-19(27)26-18-10-6-5-9-17(16)18;/h5-6,9-10,15-16,20H,7-8,11-14H2,1-4H3,(H,26,27)(H2,23,24,25);1H. The summed E-state index contributed by atoms with van der Waals surface area (Å²) in [5.41, 5.74) is 2.22. The van der Waals surface area contributed by atoms with Crippen LogP contribution in [-0.4, -0.2) is 44.7 Å². The molecule has 0 aromatic heterocycles. The second-order valence-corrected chi connectivity index (χ2v) is 8.93. The van der Waals surface area contributed by atoms with E-state index < -0.39 is 0 Å². The van der Waals surface area contributed by atoms with E-state index in [-0.39, 0.29) is 47.3 Å². The molecule has 1 fully saturated rings. The minimum atomic E-state index is 0. The number of benzene rings is 1. The van der Waals surface area contributed by atoms with Crippen LogP contribution in [0.5, 0.6) is 0 Å². The lowest BCUT2D eigenvalue weighted by Crippen LogP contribution is -2.48. The summed E-state index contributed by atoms with van der Waals surface area (Å²) in [6.45, 7) is 9.10. The van der Waals surface area contributed by atoms with E-state index in [2.05, 4.69) is 47.8 Å². The normalized spacial score (nSPS) is 24.8. The van der Waals surface area contributed by atoms with E-state index in [4.69, 9.17) is 4.74 Å². The minimum Gasteiger partial charge on any atom is -0.377 e. The summed E-state index contributed by atoms with van der Waals surface area (Å²) in [6.07, 6.45) is 3.02. The topological polar surface area (TPSA) is 74.8 Å². The molecule has 0 radical (unpaired) electrons. The van der Waals surface area contributed by atoms with Gasteiger partial charge in [-0.25, -0.2) is 0 Å². The average Bonchev–Trinajstić information content (AvgIpc) is 2.67. The quantitative estimate of drug-likeness (QED) is 0.325. The summed E-state index contributed by atoms with van der Waals surface area (Å²) in [4.78, 5) is 16.4. The Balaban J connectivity index is 0.00000300. The van der Waals surface area contributed by atoms with Gasteiger partial charge in [-0.1, -0.05) is 39.0 Å². The number of amides is 1. The molecule has 3 N–H and O–H groups in total. The molecule has 3 atom stereocenters. The first-order valence-electron chi connectivity index (χ1n) is 10.3. The molecule has 6 nitrogen and oxygen atoms in total. The SMILES string of the molecule is CN=C(NCC1CC(=O)Nc2ccccc21)NCC1CCCOC1C(C)(C)C.I. The van der Waals surface area contributed by atoms with Crippen molar-refractivity contribution in [3.8, 4) is 0 Å². The highest BCUT2D eigenvalue weighted by Crippen LogP contribution is 2.34. The number of guanidine groups is 1. The first-order valence-corrected chi connectivity index (χ1v) is 10.3. The third kappa shape index (κ3) is 6.31. The number of rotatable bonds is 4. The Hall–Kier alpha value is -1.35. The Morgan fingerprint density at radius 3 is 2.69 bits per heavy atom. The fourth-order valence-corrected chi connectivity index (χ4v) is 4.36. The molecule has 7 heteroatoms. The molecule has 2 aliphatic heterocycles. The Labute approximate surface area is 191 Å². The van der Waals surface area contributed by atoms with Crippen molar-refractivity contribution < 1.29 is 9.53 Å². The molecule has 3 unspecified atom stereocenters. The lowest BCUT2D eigenvalue weighted by molar-refractivity contribution is -0.116. The van der Waals surface area contributed by atoms with Crippen molar-refractivity contribution in [2.24, 2.45) is 16.3 Å². The molecule has 1 aromatic carbocycles. The number of carbonyl (C=O) groups is 1. The van der Waals surface area contributed by atoms with Gasteiger partial charge in [-0.15, -0.1) is 24.0 Å². The van der Waals surface area contributed by atoms with Gasteiger partial charge in [-0.3, -0.25) is 9.79 Å². The van der Waals surface area contributed by atoms with E-state index in [1.54, 1.807) is 7.05 Å². The lowest BCUT2D eigenvalue weighted by Gasteiger charge is -2.40. The Morgan fingerprint density at radius 1 is 1.24 bits per heavy atom. The lowest BCUT2D eigenvalue weighted by atomic mass is 9.78. The van der Waals surface area contributed by atoms with Crippen LogP contribution in [0.1, 0.15) is 51.5 Å². The second kappa shape index (κ2) is 10.6. The molecule has 0 saturated carbocycles. The molecule has 2 heterocycles. The van der Waals surface area contributed by atoms with Gasteiger partial charge in [0.05, 0.1) is 6.10 Å². The summed E-state index contributed by atoms with van der Waals surface area (Å²) in [5, 5.41) is 9.84. The molecule has 0 bridgehead atoms. The number of aliphatic imine (C=N–C) groups is 1. The van der Waals surface area contributed by atoms with Crippen LogP contribution in [0.4, 0.5) is 5.69 Å². The molecule has 0 spiro atoms. The molecule has 1 saturated heterocycles. The van der Waals surface area contributed by atoms with Gasteiger partial charge in [0.15, 0.2) is 5.96 Å². The highest BCUT2D eigenvalue weighted by atomic mass is 127. The Morgan fingerprint density at radius 2 is 1.97 bits per heavy atom. The van der Waals surface area contributed by atoms with Crippen LogP contribution in [0.3, 0.4) is 0 Å². The number of halogens is 1. The highest BCUT2D eigenvalue weighted by Gasteiger charge is 2.35. The second-order valence-electron chi connectivity index (χ2n) is 8.93.